The van der Waals surface area contributed by atoms with E-state index in [1.807, 2.05) is 6.92 Å². The number of aromatic nitrogens is 4. The summed E-state index contributed by atoms with van der Waals surface area (Å²) in [6.07, 6.45) is 3.32. The van der Waals surface area contributed by atoms with Gasteiger partial charge in [0.2, 0.25) is 11.1 Å². The lowest BCUT2D eigenvalue weighted by atomic mass is 10.2. The molecule has 0 aromatic carbocycles. The van der Waals surface area contributed by atoms with Crippen LogP contribution in [0.4, 0.5) is 0 Å². The first-order chi connectivity index (χ1) is 10.2. The molecule has 1 aromatic rings. The van der Waals surface area contributed by atoms with Gasteiger partial charge in [-0.25, -0.2) is 4.68 Å². The predicted molar refractivity (Wildman–Crippen MR) is 84.2 cm³/mol. The number of hydrogen-bond acceptors (Lipinski definition) is 6. The smallest absolute Gasteiger partial charge is 0.233 e. The van der Waals surface area contributed by atoms with Crippen LogP contribution in [0.1, 0.15) is 40.0 Å². The van der Waals surface area contributed by atoms with Gasteiger partial charge >= 0.3 is 0 Å². The van der Waals surface area contributed by atoms with E-state index in [9.17, 15) is 4.79 Å². The Labute approximate surface area is 130 Å². The number of unbranched alkanes of at least 4 members (excludes halogenated alkanes) is 2. The molecule has 8 heteroatoms. The first-order valence-corrected chi connectivity index (χ1v) is 8.48. The third-order valence-corrected chi connectivity index (χ3v) is 4.05. The van der Waals surface area contributed by atoms with E-state index in [1.54, 1.807) is 4.68 Å². The van der Waals surface area contributed by atoms with E-state index in [0.717, 1.165) is 38.9 Å². The number of nitrogens with one attached hydrogen (secondary N) is 2. The van der Waals surface area contributed by atoms with E-state index in [2.05, 4.69) is 40.0 Å². The van der Waals surface area contributed by atoms with Gasteiger partial charge in [0.05, 0.1) is 11.8 Å². The molecule has 0 bridgehead atoms. The van der Waals surface area contributed by atoms with Crippen molar-refractivity contribution in [3.8, 4) is 0 Å². The van der Waals surface area contributed by atoms with Crippen molar-refractivity contribution in [1.29, 1.82) is 0 Å². The fourth-order valence-corrected chi connectivity index (χ4v) is 2.56. The average molecular weight is 314 g/mol. The number of thioether (sulfide) groups is 1. The van der Waals surface area contributed by atoms with Crippen LogP contribution in [0.2, 0.25) is 0 Å². The Morgan fingerprint density at radius 1 is 1.33 bits per heavy atom. The fraction of sp³-hybridized carbons (Fsp3) is 0.846. The summed E-state index contributed by atoms with van der Waals surface area (Å²) in [5.74, 6) is 0.0392. The van der Waals surface area contributed by atoms with E-state index < -0.39 is 0 Å². The Bertz CT molecular complexity index is 411. The highest BCUT2D eigenvalue weighted by Crippen LogP contribution is 2.19. The lowest BCUT2D eigenvalue weighted by Crippen LogP contribution is -2.32. The maximum absolute atomic E-state index is 12.0. The molecule has 0 fully saturated rings. The number of rotatable bonds is 11. The molecule has 1 heterocycles. The van der Waals surface area contributed by atoms with Crippen LogP contribution >= 0.6 is 11.8 Å². The minimum Gasteiger partial charge on any atom is -0.355 e. The van der Waals surface area contributed by atoms with Gasteiger partial charge in [-0.1, -0.05) is 38.5 Å². The zero-order valence-corrected chi connectivity index (χ0v) is 13.9. The number of carbonyl (C=O) groups excluding carboxylic acids is 1. The molecule has 1 rings (SSSR count). The lowest BCUT2D eigenvalue weighted by Gasteiger charge is -2.11. The molecule has 1 atom stereocenters. The van der Waals surface area contributed by atoms with Crippen molar-refractivity contribution < 1.29 is 4.79 Å². The molecule has 1 unspecified atom stereocenters. The van der Waals surface area contributed by atoms with Crippen LogP contribution in [0.15, 0.2) is 5.16 Å². The second-order valence-corrected chi connectivity index (χ2v) is 6.10. The summed E-state index contributed by atoms with van der Waals surface area (Å²) in [7, 11) is 0. The molecule has 0 spiro atoms. The highest BCUT2D eigenvalue weighted by Gasteiger charge is 2.17. The number of nitrogens with zero attached hydrogens (tertiary/aromatic N) is 4. The van der Waals surface area contributed by atoms with Crippen molar-refractivity contribution in [2.24, 2.45) is 0 Å². The van der Waals surface area contributed by atoms with E-state index in [-0.39, 0.29) is 11.2 Å². The van der Waals surface area contributed by atoms with Crippen molar-refractivity contribution in [2.45, 2.75) is 57.0 Å². The molecule has 0 aliphatic rings. The van der Waals surface area contributed by atoms with E-state index in [4.69, 9.17) is 0 Å². The molecule has 2 N–H and O–H groups in total. The van der Waals surface area contributed by atoms with Crippen LogP contribution in [0.25, 0.3) is 0 Å². The largest absolute Gasteiger partial charge is 0.355 e. The molecule has 0 saturated carbocycles. The molecule has 0 aliphatic heterocycles. The second-order valence-electron chi connectivity index (χ2n) is 4.80. The van der Waals surface area contributed by atoms with Crippen molar-refractivity contribution >= 4 is 17.7 Å². The fourth-order valence-electron chi connectivity index (χ4n) is 1.72. The standard InChI is InChI=1S/C13H26N6OS/c1-4-6-7-8-15-12(20)11(3)21-13-16-17-18-19(13)10-9-14-5-2/h11,14H,4-10H2,1-3H3,(H,15,20). The predicted octanol–water partition coefficient (Wildman–Crippen LogP) is 1.07. The number of likely N-dealkylation sites (N-methyl/N-ethyl adjacent to an activating group) is 1. The monoisotopic (exact) mass is 314 g/mol. The Balaban J connectivity index is 2.37. The molecule has 120 valence electrons. The highest BCUT2D eigenvalue weighted by molar-refractivity contribution is 8.00. The summed E-state index contributed by atoms with van der Waals surface area (Å²) in [4.78, 5) is 12.0. The summed E-state index contributed by atoms with van der Waals surface area (Å²) in [5, 5.41) is 18.3. The van der Waals surface area contributed by atoms with Gasteiger partial charge in [-0.05, 0) is 30.3 Å². The van der Waals surface area contributed by atoms with Crippen LogP contribution < -0.4 is 10.6 Å². The maximum atomic E-state index is 12.0. The van der Waals surface area contributed by atoms with Crippen LogP contribution in [-0.4, -0.2) is 51.0 Å². The first-order valence-electron chi connectivity index (χ1n) is 7.60. The van der Waals surface area contributed by atoms with Gasteiger partial charge < -0.3 is 10.6 Å². The summed E-state index contributed by atoms with van der Waals surface area (Å²) in [6, 6.07) is 0. The summed E-state index contributed by atoms with van der Waals surface area (Å²) >= 11 is 1.39. The van der Waals surface area contributed by atoms with Gasteiger partial charge in [-0.3, -0.25) is 4.79 Å². The van der Waals surface area contributed by atoms with Gasteiger partial charge in [-0.15, -0.1) is 5.10 Å². The SMILES string of the molecule is CCCCCNC(=O)C(C)Sc1nnnn1CCNCC. The Morgan fingerprint density at radius 2 is 2.14 bits per heavy atom. The normalized spacial score (nSPS) is 12.3. The van der Waals surface area contributed by atoms with Crippen molar-refractivity contribution in [2.75, 3.05) is 19.6 Å². The quantitative estimate of drug-likeness (QED) is 0.469. The Hall–Kier alpha value is -1.15. The third kappa shape index (κ3) is 6.90. The van der Waals surface area contributed by atoms with E-state index in [0.29, 0.717) is 11.7 Å². The first kappa shape index (κ1) is 17.9. The zero-order valence-electron chi connectivity index (χ0n) is 13.1. The minimum absolute atomic E-state index is 0.0392. The zero-order chi connectivity index (χ0) is 15.5. The Morgan fingerprint density at radius 3 is 2.86 bits per heavy atom. The van der Waals surface area contributed by atoms with Crippen molar-refractivity contribution in [3.63, 3.8) is 0 Å². The summed E-state index contributed by atoms with van der Waals surface area (Å²) in [5.41, 5.74) is 0. The Kier molecular flexibility index (Phi) is 9.00. The topological polar surface area (TPSA) is 84.7 Å². The van der Waals surface area contributed by atoms with Gasteiger partial charge in [0, 0.05) is 13.1 Å². The number of tetrazole rings is 1. The van der Waals surface area contributed by atoms with Crippen molar-refractivity contribution in [3.05, 3.63) is 0 Å². The maximum Gasteiger partial charge on any atom is 0.233 e. The van der Waals surface area contributed by atoms with Crippen LogP contribution in [0.3, 0.4) is 0 Å². The number of amides is 1. The molecule has 21 heavy (non-hydrogen) atoms. The molecule has 0 aliphatic carbocycles. The summed E-state index contributed by atoms with van der Waals surface area (Å²) < 4.78 is 1.73. The van der Waals surface area contributed by atoms with Gasteiger partial charge in [0.25, 0.3) is 0 Å². The van der Waals surface area contributed by atoms with Crippen molar-refractivity contribution in [1.82, 2.24) is 30.8 Å². The molecular formula is C13H26N6OS. The third-order valence-electron chi connectivity index (χ3n) is 2.98. The van der Waals surface area contributed by atoms with Crippen LogP contribution in [0, 0.1) is 0 Å². The second kappa shape index (κ2) is 10.6. The number of hydrogen-bond donors (Lipinski definition) is 2. The van der Waals surface area contributed by atoms with E-state index >= 15 is 0 Å². The number of carbonyl (C=O) groups is 1. The highest BCUT2D eigenvalue weighted by atomic mass is 32.2. The van der Waals surface area contributed by atoms with Gasteiger partial charge in [-0.2, -0.15) is 0 Å². The molecular weight excluding hydrogens is 288 g/mol. The summed E-state index contributed by atoms with van der Waals surface area (Å²) in [6.45, 7) is 9.25. The van der Waals surface area contributed by atoms with Gasteiger partial charge in [0.15, 0.2) is 0 Å². The average Bonchev–Trinajstić information content (AvgIpc) is 2.91. The molecule has 1 amide bonds. The molecule has 0 saturated heterocycles. The van der Waals surface area contributed by atoms with Crippen LogP contribution in [0.5, 0.6) is 0 Å². The van der Waals surface area contributed by atoms with Gasteiger partial charge in [0.1, 0.15) is 0 Å². The van der Waals surface area contributed by atoms with Crippen LogP contribution in [-0.2, 0) is 11.3 Å². The lowest BCUT2D eigenvalue weighted by molar-refractivity contribution is -0.120. The molecule has 7 nitrogen and oxygen atoms in total. The van der Waals surface area contributed by atoms with E-state index in [1.165, 1.54) is 11.8 Å². The minimum atomic E-state index is -0.199. The molecule has 0 radical (unpaired) electrons. The molecule has 1 aromatic heterocycles.